The second-order valence-corrected chi connectivity index (χ2v) is 5.22. The average Bonchev–Trinajstić information content (AvgIpc) is 2.18. The van der Waals surface area contributed by atoms with Crippen LogP contribution in [-0.2, 0) is 18.4 Å². The zero-order valence-electron chi connectivity index (χ0n) is 8.49. The largest absolute Gasteiger partial charge is 0.500 e. The minimum absolute atomic E-state index is 0.304. The molecule has 0 aliphatic rings. The fourth-order valence-corrected chi connectivity index (χ4v) is 2.13. The van der Waals surface area contributed by atoms with E-state index in [2.05, 4.69) is 11.3 Å². The maximum absolute atomic E-state index is 10.6. The zero-order valence-corrected chi connectivity index (χ0v) is 9.49. The van der Waals surface area contributed by atoms with E-state index in [-0.39, 0.29) is 6.79 Å². The summed E-state index contributed by atoms with van der Waals surface area (Å²) in [6, 6.07) is 0.440. The van der Waals surface area contributed by atoms with Crippen LogP contribution in [0, 0.1) is 0 Å². The van der Waals surface area contributed by atoms with Gasteiger partial charge in [-0.1, -0.05) is 19.9 Å². The third-order valence-electron chi connectivity index (χ3n) is 1.54. The van der Waals surface area contributed by atoms with Crippen molar-refractivity contribution in [1.82, 2.24) is 0 Å². The molecule has 0 radical (unpaired) electrons. The molecule has 0 aromatic carbocycles. The van der Waals surface area contributed by atoms with E-state index in [1.54, 1.807) is 0 Å². The Morgan fingerprint density at radius 1 is 1.64 bits per heavy atom. The predicted molar refractivity (Wildman–Crippen MR) is 52.3 cm³/mol. The van der Waals surface area contributed by atoms with Gasteiger partial charge in [-0.2, -0.15) is 0 Å². The Bertz CT molecular complexity index is 196. The van der Waals surface area contributed by atoms with Crippen LogP contribution in [-0.4, -0.2) is 33.5 Å². The topological polar surface area (TPSA) is 65.0 Å². The molecule has 0 bridgehead atoms. The molecule has 0 rings (SSSR count). The van der Waals surface area contributed by atoms with Gasteiger partial charge in [0.05, 0.1) is 0 Å². The van der Waals surface area contributed by atoms with E-state index in [1.165, 1.54) is 7.11 Å². The second-order valence-electron chi connectivity index (χ2n) is 2.60. The number of carbonyl (C=O) groups is 1. The van der Waals surface area contributed by atoms with Gasteiger partial charge in [-0.3, -0.25) is 0 Å². The fourth-order valence-electron chi connectivity index (χ4n) is 0.788. The lowest BCUT2D eigenvalue weighted by molar-refractivity contribution is -0.146. The van der Waals surface area contributed by atoms with E-state index in [0.29, 0.717) is 6.04 Å². The van der Waals surface area contributed by atoms with Crippen molar-refractivity contribution in [2.75, 3.05) is 13.9 Å². The Labute approximate surface area is 84.7 Å². The van der Waals surface area contributed by atoms with Gasteiger partial charge in [0, 0.05) is 19.2 Å². The third kappa shape index (κ3) is 5.13. The van der Waals surface area contributed by atoms with Crippen molar-refractivity contribution in [1.29, 1.82) is 0 Å². The summed E-state index contributed by atoms with van der Waals surface area (Å²) in [7, 11) is -1.74. The maximum atomic E-state index is 10.6. The number of hydrogen-bond donors (Lipinski definition) is 1. The number of esters is 1. The third-order valence-corrected chi connectivity index (χ3v) is 3.88. The summed E-state index contributed by atoms with van der Waals surface area (Å²) in [4.78, 5) is 20.3. The van der Waals surface area contributed by atoms with Crippen molar-refractivity contribution in [2.45, 2.75) is 19.4 Å². The first kappa shape index (κ1) is 13.3. The van der Waals surface area contributed by atoms with Crippen LogP contribution in [0.3, 0.4) is 0 Å². The minimum atomic E-state index is -3.11. The van der Waals surface area contributed by atoms with Crippen LogP contribution in [0.4, 0.5) is 0 Å². The van der Waals surface area contributed by atoms with Crippen LogP contribution in [0.25, 0.3) is 0 Å². The predicted octanol–water partition coefficient (Wildman–Crippen LogP) is 0.677. The summed E-state index contributed by atoms with van der Waals surface area (Å²) in [6.45, 7) is 4.81. The van der Waals surface area contributed by atoms with Crippen LogP contribution in [0.15, 0.2) is 12.7 Å². The van der Waals surface area contributed by atoms with Gasteiger partial charge in [-0.15, -0.1) is 0 Å². The lowest BCUT2D eigenvalue weighted by Gasteiger charge is -2.20. The molecule has 1 unspecified atom stereocenters. The van der Waals surface area contributed by atoms with Crippen molar-refractivity contribution in [3.63, 3.8) is 0 Å². The molecule has 0 aromatic rings. The fraction of sp³-hybridized carbons (Fsp3) is 0.625. The van der Waals surface area contributed by atoms with Gasteiger partial charge in [-0.05, 0) is 0 Å². The smallest absolute Gasteiger partial charge is 0.436 e. The lowest BCUT2D eigenvalue weighted by Crippen LogP contribution is -2.42. The molecule has 14 heavy (non-hydrogen) atoms. The summed E-state index contributed by atoms with van der Waals surface area (Å²) < 4.78 is 14.4. The molecule has 0 fully saturated rings. The van der Waals surface area contributed by atoms with Crippen molar-refractivity contribution in [3.8, 4) is 0 Å². The monoisotopic (exact) mass is 220 g/mol. The first-order valence-corrected chi connectivity index (χ1v) is 6.25. The number of ether oxygens (including phenoxy) is 1. The lowest BCUT2D eigenvalue weighted by atomic mass is 10.6. The van der Waals surface area contributed by atoms with E-state index >= 15 is 0 Å². The molecular formula is C8H16O5Si. The van der Waals surface area contributed by atoms with E-state index in [1.807, 2.05) is 6.92 Å². The number of carbonyl (C=O) groups excluding carboxylic acids is 1. The molecule has 0 saturated carbocycles. The first-order chi connectivity index (χ1) is 6.58. The molecule has 5 nitrogen and oxygen atoms in total. The molecular weight excluding hydrogens is 204 g/mol. The van der Waals surface area contributed by atoms with Crippen molar-refractivity contribution < 1.29 is 23.2 Å². The Morgan fingerprint density at radius 3 is 2.71 bits per heavy atom. The molecule has 0 spiro atoms. The molecule has 1 N–H and O–H groups in total. The van der Waals surface area contributed by atoms with Crippen LogP contribution in [0.5, 0.6) is 0 Å². The molecule has 6 heteroatoms. The van der Waals surface area contributed by atoms with Gasteiger partial charge >= 0.3 is 14.8 Å². The van der Waals surface area contributed by atoms with Gasteiger partial charge in [0.25, 0.3) is 0 Å². The molecule has 0 heterocycles. The molecule has 82 valence electrons. The van der Waals surface area contributed by atoms with E-state index in [4.69, 9.17) is 8.85 Å². The van der Waals surface area contributed by atoms with Crippen LogP contribution < -0.4 is 0 Å². The van der Waals surface area contributed by atoms with Gasteiger partial charge in [-0.25, -0.2) is 4.79 Å². The van der Waals surface area contributed by atoms with Crippen LogP contribution >= 0.6 is 0 Å². The summed E-state index contributed by atoms with van der Waals surface area (Å²) in [5.74, 6) is -0.589. The maximum Gasteiger partial charge on any atom is 0.500 e. The normalized spacial score (nSPS) is 14.5. The number of hydrogen-bond acceptors (Lipinski definition) is 5. The van der Waals surface area contributed by atoms with Crippen LogP contribution in [0.2, 0.25) is 6.04 Å². The molecule has 0 saturated heterocycles. The quantitative estimate of drug-likeness (QED) is 0.296. The standard InChI is InChI=1S/C8H16O5Si/c1-4-6-14(10,11-3)13-7-12-8(9)5-2/h5,10H,2,4,6-7H2,1,3H3. The summed E-state index contributed by atoms with van der Waals surface area (Å²) in [6.07, 6.45) is 1.77. The SMILES string of the molecule is C=CC(=O)OCO[Si](O)(CCC)OC. The zero-order chi connectivity index (χ0) is 11.0. The summed E-state index contributed by atoms with van der Waals surface area (Å²) >= 11 is 0. The molecule has 0 aliphatic carbocycles. The Kier molecular flexibility index (Phi) is 6.38. The Morgan fingerprint density at radius 2 is 2.29 bits per heavy atom. The molecule has 1 atom stereocenters. The van der Waals surface area contributed by atoms with Gasteiger partial charge in [0.1, 0.15) is 0 Å². The molecule has 0 amide bonds. The first-order valence-electron chi connectivity index (χ1n) is 4.28. The van der Waals surface area contributed by atoms with Gasteiger partial charge < -0.3 is 18.4 Å². The highest BCUT2D eigenvalue weighted by molar-refractivity contribution is 6.59. The average molecular weight is 220 g/mol. The van der Waals surface area contributed by atoms with Crippen LogP contribution in [0.1, 0.15) is 13.3 Å². The van der Waals surface area contributed by atoms with E-state index in [0.717, 1.165) is 12.5 Å². The Balaban J connectivity index is 3.82. The number of rotatable bonds is 7. The van der Waals surface area contributed by atoms with Crippen molar-refractivity contribution in [2.24, 2.45) is 0 Å². The molecule has 0 aliphatic heterocycles. The minimum Gasteiger partial charge on any atom is -0.436 e. The summed E-state index contributed by atoms with van der Waals surface area (Å²) in [5, 5.41) is 0. The second kappa shape index (κ2) is 6.72. The van der Waals surface area contributed by atoms with E-state index < -0.39 is 14.8 Å². The highest BCUT2D eigenvalue weighted by Crippen LogP contribution is 2.10. The van der Waals surface area contributed by atoms with Crippen molar-refractivity contribution >= 4 is 14.8 Å². The Hall–Kier alpha value is -0.693. The van der Waals surface area contributed by atoms with E-state index in [9.17, 15) is 9.59 Å². The summed E-state index contributed by atoms with van der Waals surface area (Å²) in [5.41, 5.74) is 0. The van der Waals surface area contributed by atoms with Crippen molar-refractivity contribution in [3.05, 3.63) is 12.7 Å². The highest BCUT2D eigenvalue weighted by atomic mass is 28.4. The molecule has 0 aromatic heterocycles. The van der Waals surface area contributed by atoms with Gasteiger partial charge in [0.15, 0.2) is 6.79 Å². The van der Waals surface area contributed by atoms with Gasteiger partial charge in [0.2, 0.25) is 0 Å². The highest BCUT2D eigenvalue weighted by Gasteiger charge is 2.34.